The molecule has 16 heavy (non-hydrogen) atoms. The van der Waals surface area contributed by atoms with Gasteiger partial charge in [0.1, 0.15) is 0 Å². The first-order valence-corrected chi connectivity index (χ1v) is 10.6. The first-order chi connectivity index (χ1) is 7.11. The van der Waals surface area contributed by atoms with E-state index in [4.69, 9.17) is 17.2 Å². The standard InChI is InChI=1S/C7H10FGe.3CH4N.Hf/c1-9(2,8)7-5-3-4-6-7;3*1-2;/h3-6H,1-2H3;3*2H,1H3;/q4*-1;+4. The molecule has 0 fully saturated rings. The van der Waals surface area contributed by atoms with E-state index >= 15 is 0 Å². The molecule has 1 rings (SSSR count). The maximum atomic E-state index is 13.1. The topological polar surface area (TPSA) is 71.4 Å². The van der Waals surface area contributed by atoms with Crippen molar-refractivity contribution in [3.05, 3.63) is 41.5 Å². The van der Waals surface area contributed by atoms with E-state index in [2.05, 4.69) is 0 Å². The molecule has 1 aromatic carbocycles. The van der Waals surface area contributed by atoms with Gasteiger partial charge in [-0.1, -0.05) is 0 Å². The fourth-order valence-electron chi connectivity index (χ4n) is 0.770. The van der Waals surface area contributed by atoms with Gasteiger partial charge >= 0.3 is 83.2 Å². The molecular weight excluding hydrogens is 432 g/mol. The van der Waals surface area contributed by atoms with E-state index < -0.39 is 13.7 Å². The Bertz CT molecular complexity index is 188. The second-order valence-electron chi connectivity index (χ2n) is 2.65. The van der Waals surface area contributed by atoms with Crippen molar-refractivity contribution in [2.75, 3.05) is 21.1 Å². The van der Waals surface area contributed by atoms with Gasteiger partial charge in [0.15, 0.2) is 0 Å². The maximum absolute atomic E-state index is 13.1. The van der Waals surface area contributed by atoms with Gasteiger partial charge in [-0.25, -0.2) is 0 Å². The zero-order valence-corrected chi connectivity index (χ0v) is 16.4. The van der Waals surface area contributed by atoms with Crippen molar-refractivity contribution < 1.29 is 29.3 Å². The molecule has 3 N–H and O–H groups in total. The molecule has 1 aromatic rings. The summed E-state index contributed by atoms with van der Waals surface area (Å²) in [6.45, 7) is 0. The Morgan fingerprint density at radius 1 is 0.875 bits per heavy atom. The van der Waals surface area contributed by atoms with Gasteiger partial charge in [0.05, 0.1) is 0 Å². The van der Waals surface area contributed by atoms with Crippen LogP contribution in [0.5, 0.6) is 0 Å². The van der Waals surface area contributed by atoms with Crippen LogP contribution < -0.4 is 4.40 Å². The summed E-state index contributed by atoms with van der Waals surface area (Å²) in [5.74, 6) is 3.49. The average molecular weight is 454 g/mol. The zero-order chi connectivity index (χ0) is 12.9. The van der Waals surface area contributed by atoms with Crippen molar-refractivity contribution in [1.29, 1.82) is 0 Å². The summed E-state index contributed by atoms with van der Waals surface area (Å²) in [7, 11) is 3.75. The first-order valence-electron chi connectivity index (χ1n) is 4.52. The molecule has 0 unspecified atom stereocenters. The fourth-order valence-corrected chi connectivity index (χ4v) is 2.84. The Labute approximate surface area is 121 Å². The molecule has 0 aliphatic heterocycles. The van der Waals surface area contributed by atoms with Gasteiger partial charge in [0, 0.05) is 0 Å². The van der Waals surface area contributed by atoms with E-state index in [-0.39, 0.29) is 25.8 Å². The Balaban J connectivity index is -0.0000000900. The minimum Gasteiger partial charge on any atom is 4.00 e. The minimum atomic E-state index is -2.94. The van der Waals surface area contributed by atoms with Crippen LogP contribution >= 0.6 is 0 Å². The van der Waals surface area contributed by atoms with E-state index in [0.717, 1.165) is 4.40 Å². The molecule has 3 nitrogen and oxygen atoms in total. The summed E-state index contributed by atoms with van der Waals surface area (Å²) in [6, 6.07) is 7.53. The summed E-state index contributed by atoms with van der Waals surface area (Å²) in [5, 5.41) is 0. The second kappa shape index (κ2) is 18.0. The van der Waals surface area contributed by atoms with Crippen LogP contribution in [0.1, 0.15) is 0 Å². The predicted molar refractivity (Wildman–Crippen MR) is 71.0 cm³/mol. The Kier molecular flexibility index (Phi) is 28.5. The van der Waals surface area contributed by atoms with E-state index in [1.807, 2.05) is 24.3 Å². The van der Waals surface area contributed by atoms with E-state index in [9.17, 15) is 3.50 Å². The van der Waals surface area contributed by atoms with E-state index in [1.54, 1.807) is 11.5 Å². The SMILES string of the molecule is C[NH-].C[NH-].C[NH-].[CH3][Ge]([CH3])([F])[c-]1cccc1.[Hf+4]. The van der Waals surface area contributed by atoms with Gasteiger partial charge < -0.3 is 17.2 Å². The molecule has 0 amide bonds. The molecular formula is C10H22FGeHfN3. The molecule has 0 aliphatic carbocycles. The fraction of sp³-hybridized carbons (Fsp3) is 0.500. The molecule has 0 saturated carbocycles. The summed E-state index contributed by atoms with van der Waals surface area (Å²) >= 11 is -2.94. The van der Waals surface area contributed by atoms with Crippen LogP contribution in [-0.4, -0.2) is 34.9 Å². The van der Waals surface area contributed by atoms with Gasteiger partial charge in [-0.15, -0.1) is 0 Å². The predicted octanol–water partition coefficient (Wildman–Crippen LogP) is 3.79. The zero-order valence-electron chi connectivity index (χ0n) is 10.7. The average Bonchev–Trinajstić information content (AvgIpc) is 2.79. The number of nitrogens with one attached hydrogen (secondary N) is 3. The van der Waals surface area contributed by atoms with Crippen molar-refractivity contribution in [1.82, 2.24) is 0 Å². The number of halogens is 1. The van der Waals surface area contributed by atoms with Crippen LogP contribution in [0, 0.1) is 0 Å². The number of hydrogen-bond acceptors (Lipinski definition) is 0. The van der Waals surface area contributed by atoms with Crippen LogP contribution in [0.15, 0.2) is 24.3 Å². The van der Waals surface area contributed by atoms with Crippen molar-refractivity contribution in [2.24, 2.45) is 0 Å². The third-order valence-electron chi connectivity index (χ3n) is 1.35. The molecule has 6 heteroatoms. The minimum absolute atomic E-state index is 0. The molecule has 0 aliphatic rings. The van der Waals surface area contributed by atoms with E-state index in [1.165, 1.54) is 21.1 Å². The molecule has 0 heterocycles. The normalized spacial score (nSPS) is 7.81. The van der Waals surface area contributed by atoms with E-state index in [0.29, 0.717) is 0 Å². The quantitative estimate of drug-likeness (QED) is 0.458. The first kappa shape index (κ1) is 25.4. The molecule has 0 atom stereocenters. The monoisotopic (exact) mass is 457 g/mol. The van der Waals surface area contributed by atoms with Gasteiger partial charge in [0.25, 0.3) is 0 Å². The van der Waals surface area contributed by atoms with Crippen LogP contribution in [0.2, 0.25) is 11.5 Å². The van der Waals surface area contributed by atoms with Crippen LogP contribution in [-0.2, 0) is 25.8 Å². The van der Waals surface area contributed by atoms with Gasteiger partial charge in [-0.2, -0.15) is 21.1 Å². The Morgan fingerprint density at radius 3 is 1.25 bits per heavy atom. The largest absolute Gasteiger partial charge is 4.00 e. The van der Waals surface area contributed by atoms with Crippen LogP contribution in [0.4, 0.5) is 3.50 Å². The Hall–Kier alpha value is 0.573. The van der Waals surface area contributed by atoms with Crippen molar-refractivity contribution >= 4 is 18.1 Å². The molecule has 0 aromatic heterocycles. The molecule has 0 radical (unpaired) electrons. The Morgan fingerprint density at radius 2 is 1.12 bits per heavy atom. The smallest absolute Gasteiger partial charge is 4.00 e. The molecule has 0 bridgehead atoms. The summed E-state index contributed by atoms with van der Waals surface area (Å²) in [6.07, 6.45) is 0. The summed E-state index contributed by atoms with van der Waals surface area (Å²) in [5.41, 5.74) is 17.2. The molecule has 0 spiro atoms. The third kappa shape index (κ3) is 14.6. The van der Waals surface area contributed by atoms with Crippen LogP contribution in [0.25, 0.3) is 17.2 Å². The number of rotatable bonds is 1. The van der Waals surface area contributed by atoms with Crippen molar-refractivity contribution in [3.8, 4) is 0 Å². The van der Waals surface area contributed by atoms with Crippen LogP contribution in [0.3, 0.4) is 0 Å². The van der Waals surface area contributed by atoms with Gasteiger partial charge in [0.2, 0.25) is 0 Å². The second-order valence-corrected chi connectivity index (χ2v) is 10.0. The molecule has 0 saturated heterocycles. The molecule has 92 valence electrons. The summed E-state index contributed by atoms with van der Waals surface area (Å²) < 4.78 is 14.1. The third-order valence-corrected chi connectivity index (χ3v) is 4.93. The number of hydrogen-bond donors (Lipinski definition) is 0. The van der Waals surface area contributed by atoms with Gasteiger partial charge in [-0.3, -0.25) is 0 Å². The van der Waals surface area contributed by atoms with Crippen molar-refractivity contribution in [3.63, 3.8) is 0 Å². The van der Waals surface area contributed by atoms with Crippen molar-refractivity contribution in [2.45, 2.75) is 11.5 Å². The summed E-state index contributed by atoms with van der Waals surface area (Å²) in [4.78, 5) is 0. The van der Waals surface area contributed by atoms with Gasteiger partial charge in [-0.05, 0) is 0 Å². The maximum Gasteiger partial charge on any atom is 4.00 e.